The topological polar surface area (TPSA) is 26.3 Å². The van der Waals surface area contributed by atoms with Crippen molar-refractivity contribution in [2.45, 2.75) is 0 Å². The standard InChI is InChI=1S/C21H13FO2/c22-17-10-8-14(9-11-17)12-16-13-20(24-21(16)23)19-7-3-5-15-4-1-2-6-18(15)19/h1-13H/b16-12-. The molecule has 0 aliphatic carbocycles. The van der Waals surface area contributed by atoms with E-state index in [0.717, 1.165) is 21.9 Å². The zero-order valence-corrected chi connectivity index (χ0v) is 12.7. The average molecular weight is 316 g/mol. The van der Waals surface area contributed by atoms with Gasteiger partial charge in [-0.05, 0) is 40.6 Å². The van der Waals surface area contributed by atoms with E-state index in [2.05, 4.69) is 0 Å². The number of halogens is 1. The van der Waals surface area contributed by atoms with E-state index < -0.39 is 5.97 Å². The molecule has 0 spiro atoms. The monoisotopic (exact) mass is 316 g/mol. The van der Waals surface area contributed by atoms with Gasteiger partial charge in [0.15, 0.2) is 0 Å². The van der Waals surface area contributed by atoms with Gasteiger partial charge in [0.1, 0.15) is 11.6 Å². The molecule has 1 heterocycles. The van der Waals surface area contributed by atoms with Crippen molar-refractivity contribution in [1.82, 2.24) is 0 Å². The van der Waals surface area contributed by atoms with Gasteiger partial charge in [-0.3, -0.25) is 0 Å². The van der Waals surface area contributed by atoms with Gasteiger partial charge in [-0.1, -0.05) is 54.6 Å². The molecule has 0 atom stereocenters. The first-order valence-corrected chi connectivity index (χ1v) is 7.60. The number of ether oxygens (including phenoxy) is 1. The van der Waals surface area contributed by atoms with Gasteiger partial charge in [0, 0.05) is 5.56 Å². The molecule has 0 fully saturated rings. The Morgan fingerprint density at radius 2 is 1.62 bits per heavy atom. The lowest BCUT2D eigenvalue weighted by atomic mass is 10.0. The lowest BCUT2D eigenvalue weighted by Gasteiger charge is -2.06. The maximum absolute atomic E-state index is 13.0. The summed E-state index contributed by atoms with van der Waals surface area (Å²) in [6.07, 6.45) is 3.42. The van der Waals surface area contributed by atoms with Gasteiger partial charge >= 0.3 is 5.97 Å². The number of hydrogen-bond donors (Lipinski definition) is 0. The average Bonchev–Trinajstić information content (AvgIpc) is 2.97. The number of benzene rings is 3. The minimum absolute atomic E-state index is 0.307. The molecule has 24 heavy (non-hydrogen) atoms. The first kappa shape index (κ1) is 14.4. The van der Waals surface area contributed by atoms with Crippen molar-refractivity contribution in [2.75, 3.05) is 0 Å². The van der Waals surface area contributed by atoms with E-state index in [1.54, 1.807) is 24.3 Å². The van der Waals surface area contributed by atoms with Crippen molar-refractivity contribution in [1.29, 1.82) is 0 Å². The predicted octanol–water partition coefficient (Wildman–Crippen LogP) is 4.96. The van der Waals surface area contributed by atoms with E-state index in [9.17, 15) is 9.18 Å². The van der Waals surface area contributed by atoms with Gasteiger partial charge in [-0.2, -0.15) is 0 Å². The SMILES string of the molecule is O=C1OC(c2cccc3ccccc23)=C/C1=C/c1ccc(F)cc1. The third-order valence-electron chi connectivity index (χ3n) is 3.97. The Morgan fingerprint density at radius 1 is 0.875 bits per heavy atom. The second-order valence-corrected chi connectivity index (χ2v) is 5.58. The quantitative estimate of drug-likeness (QED) is 0.493. The van der Waals surface area contributed by atoms with E-state index in [4.69, 9.17) is 4.74 Å². The van der Waals surface area contributed by atoms with Crippen LogP contribution >= 0.6 is 0 Å². The minimum atomic E-state index is -0.401. The van der Waals surface area contributed by atoms with Gasteiger partial charge < -0.3 is 4.74 Å². The van der Waals surface area contributed by atoms with Crippen molar-refractivity contribution >= 4 is 28.6 Å². The Kier molecular flexibility index (Phi) is 3.47. The summed E-state index contributed by atoms with van der Waals surface area (Å²) >= 11 is 0. The summed E-state index contributed by atoms with van der Waals surface area (Å²) in [4.78, 5) is 12.1. The molecule has 0 bridgehead atoms. The Morgan fingerprint density at radius 3 is 2.46 bits per heavy atom. The summed E-state index contributed by atoms with van der Waals surface area (Å²) in [5.74, 6) is -0.175. The molecule has 0 saturated heterocycles. The molecule has 3 aromatic carbocycles. The van der Waals surface area contributed by atoms with Crippen molar-refractivity contribution in [3.63, 3.8) is 0 Å². The van der Waals surface area contributed by atoms with Crippen molar-refractivity contribution in [2.24, 2.45) is 0 Å². The molecular formula is C21H13FO2. The zero-order chi connectivity index (χ0) is 16.5. The molecule has 1 aliphatic heterocycles. The number of esters is 1. The third-order valence-corrected chi connectivity index (χ3v) is 3.97. The summed E-state index contributed by atoms with van der Waals surface area (Å²) < 4.78 is 18.4. The van der Waals surface area contributed by atoms with Gasteiger partial charge in [-0.15, -0.1) is 0 Å². The summed E-state index contributed by atoms with van der Waals surface area (Å²) in [5, 5.41) is 2.12. The van der Waals surface area contributed by atoms with Crippen molar-refractivity contribution < 1.29 is 13.9 Å². The number of carbonyl (C=O) groups is 1. The van der Waals surface area contributed by atoms with Crippen LogP contribution in [-0.4, -0.2) is 5.97 Å². The van der Waals surface area contributed by atoms with Gasteiger partial charge in [0.05, 0.1) is 5.57 Å². The van der Waals surface area contributed by atoms with Crippen LogP contribution in [0.3, 0.4) is 0 Å². The molecular weight excluding hydrogens is 303 g/mol. The summed E-state index contributed by atoms with van der Waals surface area (Å²) in [5.41, 5.74) is 2.08. The largest absolute Gasteiger partial charge is 0.422 e. The highest BCUT2D eigenvalue weighted by molar-refractivity contribution is 6.07. The molecule has 3 aromatic rings. The first-order valence-electron chi connectivity index (χ1n) is 7.60. The third kappa shape index (κ3) is 2.61. The molecule has 4 rings (SSSR count). The number of carbonyl (C=O) groups excluding carboxylic acids is 1. The molecule has 0 amide bonds. The summed E-state index contributed by atoms with van der Waals surface area (Å²) in [7, 11) is 0. The summed E-state index contributed by atoms with van der Waals surface area (Å²) in [6.45, 7) is 0. The lowest BCUT2D eigenvalue weighted by Crippen LogP contribution is -1.97. The van der Waals surface area contributed by atoms with Crippen LogP contribution in [0.2, 0.25) is 0 Å². The molecule has 116 valence electrons. The van der Waals surface area contributed by atoms with Crippen molar-refractivity contribution in [3.05, 3.63) is 95.3 Å². The van der Waals surface area contributed by atoms with Crippen LogP contribution in [0.4, 0.5) is 4.39 Å². The van der Waals surface area contributed by atoms with E-state index in [1.807, 2.05) is 42.5 Å². The molecule has 0 radical (unpaired) electrons. The number of hydrogen-bond acceptors (Lipinski definition) is 2. The van der Waals surface area contributed by atoms with Crippen LogP contribution < -0.4 is 0 Å². The smallest absolute Gasteiger partial charge is 0.343 e. The molecule has 3 heteroatoms. The fourth-order valence-electron chi connectivity index (χ4n) is 2.80. The van der Waals surface area contributed by atoms with Gasteiger partial charge in [0.2, 0.25) is 0 Å². The van der Waals surface area contributed by atoms with E-state index >= 15 is 0 Å². The van der Waals surface area contributed by atoms with E-state index in [-0.39, 0.29) is 5.82 Å². The Bertz CT molecular complexity index is 993. The van der Waals surface area contributed by atoms with E-state index in [0.29, 0.717) is 11.3 Å². The molecule has 0 N–H and O–H groups in total. The minimum Gasteiger partial charge on any atom is -0.422 e. The Hall–Kier alpha value is -3.20. The summed E-state index contributed by atoms with van der Waals surface area (Å²) in [6, 6.07) is 19.8. The zero-order valence-electron chi connectivity index (χ0n) is 12.7. The lowest BCUT2D eigenvalue weighted by molar-refractivity contribution is -0.130. The highest BCUT2D eigenvalue weighted by atomic mass is 19.1. The first-order chi connectivity index (χ1) is 11.7. The Balaban J connectivity index is 1.77. The highest BCUT2D eigenvalue weighted by Gasteiger charge is 2.23. The predicted molar refractivity (Wildman–Crippen MR) is 92.4 cm³/mol. The fraction of sp³-hybridized carbons (Fsp3) is 0. The second kappa shape index (κ2) is 5.78. The van der Waals surface area contributed by atoms with Gasteiger partial charge in [-0.25, -0.2) is 9.18 Å². The molecule has 1 aliphatic rings. The van der Waals surface area contributed by atoms with Crippen LogP contribution in [0.15, 0.2) is 78.4 Å². The van der Waals surface area contributed by atoms with Gasteiger partial charge in [0.25, 0.3) is 0 Å². The fourth-order valence-corrected chi connectivity index (χ4v) is 2.80. The van der Waals surface area contributed by atoms with E-state index in [1.165, 1.54) is 12.1 Å². The highest BCUT2D eigenvalue weighted by Crippen LogP contribution is 2.32. The van der Waals surface area contributed by atoms with Crippen LogP contribution in [0, 0.1) is 5.82 Å². The molecule has 2 nitrogen and oxygen atoms in total. The normalized spacial score (nSPS) is 15.6. The maximum Gasteiger partial charge on any atom is 0.343 e. The van der Waals surface area contributed by atoms with Crippen LogP contribution in [0.1, 0.15) is 11.1 Å². The Labute approximate surface area is 138 Å². The maximum atomic E-state index is 13.0. The van der Waals surface area contributed by atoms with Crippen LogP contribution in [0.5, 0.6) is 0 Å². The molecule has 0 unspecified atom stereocenters. The number of fused-ring (bicyclic) bond motifs is 1. The van der Waals surface area contributed by atoms with Crippen LogP contribution in [0.25, 0.3) is 22.6 Å². The second-order valence-electron chi connectivity index (χ2n) is 5.58. The van der Waals surface area contributed by atoms with Crippen LogP contribution in [-0.2, 0) is 9.53 Å². The number of rotatable bonds is 2. The number of cyclic esters (lactones) is 1. The molecule has 0 aromatic heterocycles. The van der Waals surface area contributed by atoms with Crippen molar-refractivity contribution in [3.8, 4) is 0 Å². The molecule has 0 saturated carbocycles.